The van der Waals surface area contributed by atoms with Gasteiger partial charge in [-0.2, -0.15) is 4.31 Å². The van der Waals surface area contributed by atoms with E-state index in [1.807, 2.05) is 0 Å². The molecule has 1 saturated heterocycles. The van der Waals surface area contributed by atoms with Crippen LogP contribution in [0.2, 0.25) is 5.15 Å². The van der Waals surface area contributed by atoms with Crippen LogP contribution in [0.1, 0.15) is 20.3 Å². The number of aromatic nitrogens is 1. The minimum absolute atomic E-state index is 0.0452. The molecule has 0 aromatic carbocycles. The molecule has 1 aromatic heterocycles. The van der Waals surface area contributed by atoms with Crippen LogP contribution in [-0.4, -0.2) is 30.8 Å². The molecule has 2 rings (SSSR count). The summed E-state index contributed by atoms with van der Waals surface area (Å²) in [4.78, 5) is 3.94. The lowest BCUT2D eigenvalue weighted by Crippen LogP contribution is -2.42. The molecule has 1 aliphatic rings. The molecule has 100 valence electrons. The highest BCUT2D eigenvalue weighted by atomic mass is 35.5. The van der Waals surface area contributed by atoms with Gasteiger partial charge in [0.1, 0.15) is 10.0 Å². The molecule has 1 fully saturated rings. The molecule has 4 nitrogen and oxygen atoms in total. The number of hydrogen-bond donors (Lipinski definition) is 0. The van der Waals surface area contributed by atoms with Gasteiger partial charge >= 0.3 is 0 Å². The number of piperidine rings is 1. The number of pyridine rings is 1. The highest BCUT2D eigenvalue weighted by Gasteiger charge is 2.32. The predicted octanol–water partition coefficient (Wildman–Crippen LogP) is 2.40. The van der Waals surface area contributed by atoms with Gasteiger partial charge in [0.15, 0.2) is 0 Å². The van der Waals surface area contributed by atoms with Crippen LogP contribution < -0.4 is 0 Å². The van der Waals surface area contributed by atoms with Crippen molar-refractivity contribution in [1.82, 2.24) is 9.29 Å². The van der Waals surface area contributed by atoms with Crippen LogP contribution in [0.5, 0.6) is 0 Å². The highest BCUT2D eigenvalue weighted by Crippen LogP contribution is 2.29. The summed E-state index contributed by atoms with van der Waals surface area (Å²) in [7, 11) is -3.51. The third-order valence-corrected chi connectivity index (χ3v) is 5.95. The number of rotatable bonds is 2. The zero-order valence-electron chi connectivity index (χ0n) is 10.5. The van der Waals surface area contributed by atoms with Crippen molar-refractivity contribution >= 4 is 21.6 Å². The van der Waals surface area contributed by atoms with E-state index in [1.165, 1.54) is 16.6 Å². The van der Waals surface area contributed by atoms with E-state index in [0.717, 1.165) is 6.42 Å². The van der Waals surface area contributed by atoms with E-state index in [9.17, 15) is 8.42 Å². The lowest BCUT2D eigenvalue weighted by molar-refractivity contribution is 0.212. The summed E-state index contributed by atoms with van der Waals surface area (Å²) < 4.78 is 26.4. The molecular formula is C12H17ClN2O2S. The Morgan fingerprint density at radius 2 is 2.11 bits per heavy atom. The van der Waals surface area contributed by atoms with Gasteiger partial charge in [-0.25, -0.2) is 13.4 Å². The zero-order chi connectivity index (χ0) is 13.3. The van der Waals surface area contributed by atoms with Crippen LogP contribution in [0.25, 0.3) is 0 Å². The van der Waals surface area contributed by atoms with Gasteiger partial charge in [-0.05, 0) is 30.4 Å². The molecule has 2 unspecified atom stereocenters. The molecule has 1 aliphatic heterocycles. The van der Waals surface area contributed by atoms with Gasteiger partial charge in [-0.3, -0.25) is 0 Å². The van der Waals surface area contributed by atoms with Gasteiger partial charge in [-0.1, -0.05) is 25.4 Å². The number of halogens is 1. The van der Waals surface area contributed by atoms with Crippen LogP contribution in [0, 0.1) is 11.8 Å². The second-order valence-electron chi connectivity index (χ2n) is 4.90. The topological polar surface area (TPSA) is 50.3 Å². The van der Waals surface area contributed by atoms with Crippen molar-refractivity contribution in [3.63, 3.8) is 0 Å². The SMILES string of the molecule is CC1CCN(S(=O)(=O)c2cccnc2Cl)CC1C. The fraction of sp³-hybridized carbons (Fsp3) is 0.583. The first-order valence-corrected chi connectivity index (χ1v) is 7.85. The van der Waals surface area contributed by atoms with Gasteiger partial charge < -0.3 is 0 Å². The van der Waals surface area contributed by atoms with Crippen molar-refractivity contribution in [3.8, 4) is 0 Å². The average molecular weight is 289 g/mol. The summed E-state index contributed by atoms with van der Waals surface area (Å²) >= 11 is 5.88. The first kappa shape index (κ1) is 13.8. The maximum absolute atomic E-state index is 12.5. The van der Waals surface area contributed by atoms with Crippen molar-refractivity contribution in [2.75, 3.05) is 13.1 Å². The van der Waals surface area contributed by atoms with Crippen molar-refractivity contribution < 1.29 is 8.42 Å². The molecule has 6 heteroatoms. The largest absolute Gasteiger partial charge is 0.246 e. The highest BCUT2D eigenvalue weighted by molar-refractivity contribution is 7.89. The Balaban J connectivity index is 2.30. The summed E-state index contributed by atoms with van der Waals surface area (Å²) in [6, 6.07) is 3.10. The molecule has 0 amide bonds. The van der Waals surface area contributed by atoms with Gasteiger partial charge in [-0.15, -0.1) is 0 Å². The normalized spacial score (nSPS) is 26.2. The third kappa shape index (κ3) is 2.53. The Morgan fingerprint density at radius 1 is 1.39 bits per heavy atom. The molecule has 18 heavy (non-hydrogen) atoms. The van der Waals surface area contributed by atoms with E-state index in [-0.39, 0.29) is 10.0 Å². The summed E-state index contributed by atoms with van der Waals surface area (Å²) in [5, 5.41) is 0.0452. The Hall–Kier alpha value is -0.650. The van der Waals surface area contributed by atoms with Gasteiger partial charge in [0.2, 0.25) is 10.0 Å². The molecular weight excluding hydrogens is 272 g/mol. The third-order valence-electron chi connectivity index (χ3n) is 3.64. The Morgan fingerprint density at radius 3 is 2.72 bits per heavy atom. The van der Waals surface area contributed by atoms with Gasteiger partial charge in [0.25, 0.3) is 0 Å². The van der Waals surface area contributed by atoms with Crippen LogP contribution in [0.15, 0.2) is 23.2 Å². The summed E-state index contributed by atoms with van der Waals surface area (Å²) in [5.74, 6) is 0.921. The van der Waals surface area contributed by atoms with Crippen molar-refractivity contribution in [2.24, 2.45) is 11.8 Å². The van der Waals surface area contributed by atoms with E-state index in [2.05, 4.69) is 18.8 Å². The first-order chi connectivity index (χ1) is 8.43. The second-order valence-corrected chi connectivity index (χ2v) is 7.16. The maximum Gasteiger partial charge on any atom is 0.246 e. The fourth-order valence-corrected chi connectivity index (χ4v) is 4.13. The molecule has 0 spiro atoms. The summed E-state index contributed by atoms with van der Waals surface area (Å²) in [6.07, 6.45) is 2.38. The van der Waals surface area contributed by atoms with Crippen LogP contribution in [0.4, 0.5) is 0 Å². The van der Waals surface area contributed by atoms with E-state index < -0.39 is 10.0 Å². The standard InChI is InChI=1S/C12H17ClN2O2S/c1-9-5-7-15(8-10(9)2)18(16,17)11-4-3-6-14-12(11)13/h3-4,6,9-10H,5,7-8H2,1-2H3. The van der Waals surface area contributed by atoms with Crippen molar-refractivity contribution in [3.05, 3.63) is 23.5 Å². The zero-order valence-corrected chi connectivity index (χ0v) is 12.1. The van der Waals surface area contributed by atoms with Crippen molar-refractivity contribution in [2.45, 2.75) is 25.2 Å². The first-order valence-electron chi connectivity index (χ1n) is 6.03. The van der Waals surface area contributed by atoms with Crippen LogP contribution in [-0.2, 0) is 10.0 Å². The minimum Gasteiger partial charge on any atom is -0.243 e. The summed E-state index contributed by atoms with van der Waals surface area (Å²) in [6.45, 7) is 5.34. The molecule has 0 N–H and O–H groups in total. The lowest BCUT2D eigenvalue weighted by Gasteiger charge is -2.34. The molecule has 0 saturated carbocycles. The Kier molecular flexibility index (Phi) is 3.94. The van der Waals surface area contributed by atoms with Crippen LogP contribution >= 0.6 is 11.6 Å². The number of nitrogens with zero attached hydrogens (tertiary/aromatic N) is 2. The molecule has 2 heterocycles. The van der Waals surface area contributed by atoms with E-state index in [1.54, 1.807) is 6.07 Å². The Labute approximate surface area is 113 Å². The lowest BCUT2D eigenvalue weighted by atomic mass is 9.90. The van der Waals surface area contributed by atoms with E-state index >= 15 is 0 Å². The molecule has 1 aromatic rings. The van der Waals surface area contributed by atoms with Crippen LogP contribution in [0.3, 0.4) is 0 Å². The fourth-order valence-electron chi connectivity index (χ4n) is 2.15. The Bertz CT molecular complexity index is 533. The number of hydrogen-bond acceptors (Lipinski definition) is 3. The second kappa shape index (κ2) is 5.15. The molecule has 0 bridgehead atoms. The van der Waals surface area contributed by atoms with Gasteiger partial charge in [0.05, 0.1) is 0 Å². The van der Waals surface area contributed by atoms with E-state index in [0.29, 0.717) is 24.9 Å². The minimum atomic E-state index is -3.51. The van der Waals surface area contributed by atoms with E-state index in [4.69, 9.17) is 11.6 Å². The molecule has 2 atom stereocenters. The van der Waals surface area contributed by atoms with Gasteiger partial charge in [0, 0.05) is 19.3 Å². The smallest absolute Gasteiger partial charge is 0.243 e. The average Bonchev–Trinajstić information content (AvgIpc) is 2.33. The summed E-state index contributed by atoms with van der Waals surface area (Å²) in [5.41, 5.74) is 0. The maximum atomic E-state index is 12.5. The van der Waals surface area contributed by atoms with Crippen molar-refractivity contribution in [1.29, 1.82) is 0 Å². The monoisotopic (exact) mass is 288 g/mol. The molecule has 0 radical (unpaired) electrons. The molecule has 0 aliphatic carbocycles. The predicted molar refractivity (Wildman–Crippen MR) is 71.0 cm³/mol. The quantitative estimate of drug-likeness (QED) is 0.785. The number of sulfonamides is 1.